The van der Waals surface area contributed by atoms with Gasteiger partial charge in [0.15, 0.2) is 0 Å². The number of aliphatic hydroxyl groups excluding tert-OH is 1. The summed E-state index contributed by atoms with van der Waals surface area (Å²) in [4.78, 5) is 4.51. The van der Waals surface area contributed by atoms with Crippen LogP contribution in [-0.4, -0.2) is 21.6 Å². The second kappa shape index (κ2) is 5.18. The predicted octanol–water partition coefficient (Wildman–Crippen LogP) is 3.20. The van der Waals surface area contributed by atoms with Crippen LogP contribution in [0.15, 0.2) is 42.6 Å². The van der Waals surface area contributed by atoms with Crippen LogP contribution in [0.4, 0.5) is 4.39 Å². The number of fused-ring (bicyclic) bond motifs is 1. The molecule has 3 aromatic rings. The van der Waals surface area contributed by atoms with Crippen molar-refractivity contribution >= 4 is 5.65 Å². The number of hydrogen-bond donors (Lipinski definition) is 1. The maximum absolute atomic E-state index is 13.5. The molecule has 0 radical (unpaired) electrons. The van der Waals surface area contributed by atoms with Crippen molar-refractivity contribution in [3.8, 4) is 17.0 Å². The van der Waals surface area contributed by atoms with Gasteiger partial charge in [0.1, 0.15) is 17.2 Å². The van der Waals surface area contributed by atoms with Gasteiger partial charge in [0, 0.05) is 11.8 Å². The highest BCUT2D eigenvalue weighted by atomic mass is 19.1. The number of methoxy groups -OCH3 is 1. The zero-order valence-corrected chi connectivity index (χ0v) is 11.7. The summed E-state index contributed by atoms with van der Waals surface area (Å²) in [5.74, 6) is 0.275. The van der Waals surface area contributed by atoms with Gasteiger partial charge in [-0.15, -0.1) is 0 Å². The molecule has 0 bridgehead atoms. The summed E-state index contributed by atoms with van der Waals surface area (Å²) in [5, 5.41) is 10.1. The molecule has 2 heterocycles. The van der Waals surface area contributed by atoms with Crippen LogP contribution in [0, 0.1) is 5.82 Å². The fourth-order valence-electron chi connectivity index (χ4n) is 2.47. The minimum Gasteiger partial charge on any atom is -0.496 e. The molecular weight excluding hydrogens is 271 g/mol. The Kier molecular flexibility index (Phi) is 3.35. The number of imidazole rings is 1. The number of nitrogens with zero attached hydrogens (tertiary/aromatic N) is 2. The van der Waals surface area contributed by atoms with E-state index in [4.69, 9.17) is 4.74 Å². The molecule has 0 saturated heterocycles. The molecule has 0 saturated carbocycles. The zero-order valence-electron chi connectivity index (χ0n) is 11.7. The SMILES string of the molecule is COc1ccccc1-c1nc2ccc(F)cn2c1C(C)O. The highest BCUT2D eigenvalue weighted by Gasteiger charge is 2.20. The van der Waals surface area contributed by atoms with E-state index in [1.807, 2.05) is 24.3 Å². The quantitative estimate of drug-likeness (QED) is 0.804. The number of rotatable bonds is 3. The molecule has 2 aromatic heterocycles. The third-order valence-corrected chi connectivity index (χ3v) is 3.38. The molecule has 3 rings (SSSR count). The van der Waals surface area contributed by atoms with Crippen molar-refractivity contribution in [3.05, 3.63) is 54.1 Å². The summed E-state index contributed by atoms with van der Waals surface area (Å²) in [6.07, 6.45) is 0.533. The van der Waals surface area contributed by atoms with Gasteiger partial charge in [-0.1, -0.05) is 12.1 Å². The highest BCUT2D eigenvalue weighted by Crippen LogP contribution is 2.34. The average molecular weight is 286 g/mol. The summed E-state index contributed by atoms with van der Waals surface area (Å²) in [6.45, 7) is 1.63. The molecule has 0 aliphatic heterocycles. The number of aromatic nitrogens is 2. The topological polar surface area (TPSA) is 46.8 Å². The lowest BCUT2D eigenvalue weighted by Crippen LogP contribution is -2.00. The Morgan fingerprint density at radius 2 is 2.00 bits per heavy atom. The summed E-state index contributed by atoms with van der Waals surface area (Å²) in [6, 6.07) is 10.4. The fourth-order valence-corrected chi connectivity index (χ4v) is 2.47. The van der Waals surface area contributed by atoms with E-state index in [1.54, 1.807) is 24.5 Å². The van der Waals surface area contributed by atoms with Crippen LogP contribution in [0.1, 0.15) is 18.7 Å². The van der Waals surface area contributed by atoms with E-state index in [9.17, 15) is 9.50 Å². The molecule has 5 heteroatoms. The van der Waals surface area contributed by atoms with Crippen LogP contribution in [0.5, 0.6) is 5.75 Å². The number of para-hydroxylation sites is 1. The third-order valence-electron chi connectivity index (χ3n) is 3.38. The molecule has 1 unspecified atom stereocenters. The Morgan fingerprint density at radius 3 is 2.71 bits per heavy atom. The van der Waals surface area contributed by atoms with Gasteiger partial charge in [-0.05, 0) is 31.2 Å². The van der Waals surface area contributed by atoms with Crippen molar-refractivity contribution < 1.29 is 14.2 Å². The largest absolute Gasteiger partial charge is 0.496 e. The van der Waals surface area contributed by atoms with Crippen molar-refractivity contribution in [1.82, 2.24) is 9.38 Å². The van der Waals surface area contributed by atoms with Gasteiger partial charge in [-0.25, -0.2) is 9.37 Å². The molecule has 0 fully saturated rings. The lowest BCUT2D eigenvalue weighted by atomic mass is 10.1. The first-order valence-electron chi connectivity index (χ1n) is 6.60. The van der Waals surface area contributed by atoms with Crippen LogP contribution in [-0.2, 0) is 0 Å². The van der Waals surface area contributed by atoms with Gasteiger partial charge >= 0.3 is 0 Å². The number of halogens is 1. The van der Waals surface area contributed by atoms with Gasteiger partial charge in [0.25, 0.3) is 0 Å². The Morgan fingerprint density at radius 1 is 1.24 bits per heavy atom. The number of hydrogen-bond acceptors (Lipinski definition) is 3. The monoisotopic (exact) mass is 286 g/mol. The van der Waals surface area contributed by atoms with Gasteiger partial charge < -0.3 is 9.84 Å². The van der Waals surface area contributed by atoms with E-state index in [-0.39, 0.29) is 5.82 Å². The van der Waals surface area contributed by atoms with Crippen molar-refractivity contribution in [2.45, 2.75) is 13.0 Å². The Labute approximate surface area is 121 Å². The maximum Gasteiger partial charge on any atom is 0.139 e. The summed E-state index contributed by atoms with van der Waals surface area (Å²) < 4.78 is 20.4. The van der Waals surface area contributed by atoms with Crippen molar-refractivity contribution in [2.75, 3.05) is 7.11 Å². The second-order valence-corrected chi connectivity index (χ2v) is 4.80. The summed E-state index contributed by atoms with van der Waals surface area (Å²) in [7, 11) is 1.58. The standard InChI is InChI=1S/C16H15FN2O2/c1-10(20)16-15(12-5-3-4-6-13(12)21-2)18-14-8-7-11(17)9-19(14)16/h3-10,20H,1-2H3. The Bertz CT molecular complexity index is 796. The normalized spacial score (nSPS) is 12.6. The number of aliphatic hydroxyl groups is 1. The molecular formula is C16H15FN2O2. The first-order chi connectivity index (χ1) is 10.1. The molecule has 1 atom stereocenters. The van der Waals surface area contributed by atoms with Crippen LogP contribution < -0.4 is 4.74 Å². The van der Waals surface area contributed by atoms with Gasteiger partial charge in [0.2, 0.25) is 0 Å². The minimum absolute atomic E-state index is 0.381. The number of pyridine rings is 1. The predicted molar refractivity (Wildman–Crippen MR) is 77.8 cm³/mol. The number of benzene rings is 1. The molecule has 4 nitrogen and oxygen atoms in total. The third kappa shape index (κ3) is 2.25. The molecule has 108 valence electrons. The molecule has 1 aromatic carbocycles. The van der Waals surface area contributed by atoms with Gasteiger partial charge in [0.05, 0.1) is 24.6 Å². The van der Waals surface area contributed by atoms with E-state index < -0.39 is 6.10 Å². The molecule has 0 aliphatic rings. The van der Waals surface area contributed by atoms with E-state index in [1.165, 1.54) is 12.3 Å². The van der Waals surface area contributed by atoms with E-state index in [2.05, 4.69) is 4.98 Å². The second-order valence-electron chi connectivity index (χ2n) is 4.80. The first kappa shape index (κ1) is 13.6. The molecule has 1 N–H and O–H groups in total. The summed E-state index contributed by atoms with van der Waals surface area (Å²) >= 11 is 0. The van der Waals surface area contributed by atoms with Crippen LogP contribution in [0.2, 0.25) is 0 Å². The lowest BCUT2D eigenvalue weighted by molar-refractivity contribution is 0.194. The minimum atomic E-state index is -0.790. The smallest absolute Gasteiger partial charge is 0.139 e. The molecule has 21 heavy (non-hydrogen) atoms. The van der Waals surface area contributed by atoms with Crippen molar-refractivity contribution in [1.29, 1.82) is 0 Å². The maximum atomic E-state index is 13.5. The van der Waals surface area contributed by atoms with Crippen LogP contribution in [0.25, 0.3) is 16.9 Å². The molecule has 0 amide bonds. The van der Waals surface area contributed by atoms with Crippen molar-refractivity contribution in [3.63, 3.8) is 0 Å². The average Bonchev–Trinajstić information content (AvgIpc) is 2.85. The highest BCUT2D eigenvalue weighted by molar-refractivity contribution is 5.72. The Hall–Kier alpha value is -2.40. The van der Waals surface area contributed by atoms with E-state index >= 15 is 0 Å². The van der Waals surface area contributed by atoms with Crippen LogP contribution in [0.3, 0.4) is 0 Å². The molecule has 0 spiro atoms. The van der Waals surface area contributed by atoms with Crippen LogP contribution >= 0.6 is 0 Å². The van der Waals surface area contributed by atoms with E-state index in [0.29, 0.717) is 22.8 Å². The molecule has 0 aliphatic carbocycles. The van der Waals surface area contributed by atoms with Crippen molar-refractivity contribution in [2.24, 2.45) is 0 Å². The number of ether oxygens (including phenoxy) is 1. The first-order valence-corrected chi connectivity index (χ1v) is 6.60. The van der Waals surface area contributed by atoms with E-state index in [0.717, 1.165) is 5.56 Å². The summed E-state index contributed by atoms with van der Waals surface area (Å²) in [5.41, 5.74) is 2.47. The Balaban J connectivity index is 2.34. The van der Waals surface area contributed by atoms with Gasteiger partial charge in [-0.2, -0.15) is 0 Å². The fraction of sp³-hybridized carbons (Fsp3) is 0.188. The lowest BCUT2D eigenvalue weighted by Gasteiger charge is -2.10. The zero-order chi connectivity index (χ0) is 15.0. The van der Waals surface area contributed by atoms with Gasteiger partial charge in [-0.3, -0.25) is 4.40 Å².